The van der Waals surface area contributed by atoms with Crippen LogP contribution in [-0.4, -0.2) is 36.6 Å². The standard InChI is InChI=1S/C7H12N2OS/c1-9(2)7(10)4-3-5-8-6-11/h3-5H2,1-2H3. The molecule has 0 aromatic heterocycles. The highest BCUT2D eigenvalue weighted by Gasteiger charge is 2.01. The summed E-state index contributed by atoms with van der Waals surface area (Å²) in [5, 5.41) is 2.25. The van der Waals surface area contributed by atoms with Crippen molar-refractivity contribution >= 4 is 23.3 Å². The highest BCUT2D eigenvalue weighted by Crippen LogP contribution is 1.92. The van der Waals surface area contributed by atoms with E-state index >= 15 is 0 Å². The first-order chi connectivity index (χ1) is 5.18. The summed E-state index contributed by atoms with van der Waals surface area (Å²) < 4.78 is 0. The Labute approximate surface area is 72.1 Å². The van der Waals surface area contributed by atoms with Crippen LogP contribution in [0.1, 0.15) is 12.8 Å². The predicted molar refractivity (Wildman–Crippen MR) is 47.8 cm³/mol. The van der Waals surface area contributed by atoms with E-state index in [4.69, 9.17) is 0 Å². The number of amides is 1. The largest absolute Gasteiger partial charge is 0.349 e. The SMILES string of the molecule is CN(C)C(=O)CCCN=C=S. The van der Waals surface area contributed by atoms with Crippen molar-refractivity contribution in [2.75, 3.05) is 20.6 Å². The zero-order chi connectivity index (χ0) is 8.69. The fourth-order valence-corrected chi connectivity index (χ4v) is 0.670. The molecule has 62 valence electrons. The number of carbonyl (C=O) groups is 1. The van der Waals surface area contributed by atoms with Gasteiger partial charge in [0, 0.05) is 27.1 Å². The molecule has 0 bridgehead atoms. The van der Waals surface area contributed by atoms with Crippen molar-refractivity contribution in [3.63, 3.8) is 0 Å². The normalized spacial score (nSPS) is 8.55. The molecule has 0 spiro atoms. The van der Waals surface area contributed by atoms with Crippen LogP contribution >= 0.6 is 12.2 Å². The lowest BCUT2D eigenvalue weighted by molar-refractivity contribution is -0.128. The topological polar surface area (TPSA) is 32.7 Å². The molecular formula is C7H12N2OS. The molecular weight excluding hydrogens is 160 g/mol. The van der Waals surface area contributed by atoms with Crippen molar-refractivity contribution in [3.8, 4) is 0 Å². The van der Waals surface area contributed by atoms with Gasteiger partial charge in [-0.25, -0.2) is 4.99 Å². The number of thiocarbonyl (C=S) groups is 1. The Morgan fingerprint density at radius 2 is 2.27 bits per heavy atom. The maximum atomic E-state index is 10.9. The molecule has 0 aromatic rings. The minimum atomic E-state index is 0.129. The Bertz CT molecular complexity index is 173. The molecule has 0 saturated carbocycles. The maximum Gasteiger partial charge on any atom is 0.222 e. The molecule has 3 nitrogen and oxygen atoms in total. The van der Waals surface area contributed by atoms with E-state index in [2.05, 4.69) is 22.4 Å². The van der Waals surface area contributed by atoms with E-state index in [9.17, 15) is 4.79 Å². The molecule has 0 N–H and O–H groups in total. The molecule has 0 aliphatic heterocycles. The van der Waals surface area contributed by atoms with E-state index in [1.54, 1.807) is 19.0 Å². The van der Waals surface area contributed by atoms with Crippen LogP contribution in [-0.2, 0) is 4.79 Å². The second-order valence-corrected chi connectivity index (χ2v) is 2.55. The summed E-state index contributed by atoms with van der Waals surface area (Å²) in [6, 6.07) is 0. The average Bonchev–Trinajstić information content (AvgIpc) is 1.97. The number of hydrogen-bond acceptors (Lipinski definition) is 3. The van der Waals surface area contributed by atoms with Gasteiger partial charge in [0.15, 0.2) is 0 Å². The van der Waals surface area contributed by atoms with Crippen LogP contribution in [0.2, 0.25) is 0 Å². The zero-order valence-corrected chi connectivity index (χ0v) is 7.65. The quantitative estimate of drug-likeness (QED) is 0.359. The second kappa shape index (κ2) is 6.01. The third-order valence-corrected chi connectivity index (χ3v) is 1.35. The van der Waals surface area contributed by atoms with E-state index in [-0.39, 0.29) is 5.91 Å². The Hall–Kier alpha value is -0.730. The van der Waals surface area contributed by atoms with Crippen molar-refractivity contribution in [1.82, 2.24) is 4.90 Å². The maximum absolute atomic E-state index is 10.9. The molecule has 1 amide bonds. The van der Waals surface area contributed by atoms with Crippen molar-refractivity contribution in [2.24, 2.45) is 4.99 Å². The number of hydrogen-bond donors (Lipinski definition) is 0. The van der Waals surface area contributed by atoms with Crippen molar-refractivity contribution < 1.29 is 4.79 Å². The summed E-state index contributed by atoms with van der Waals surface area (Å²) in [6.07, 6.45) is 1.29. The van der Waals surface area contributed by atoms with Crippen LogP contribution in [0.3, 0.4) is 0 Å². The van der Waals surface area contributed by atoms with Gasteiger partial charge in [-0.2, -0.15) is 0 Å². The van der Waals surface area contributed by atoms with E-state index in [1.807, 2.05) is 0 Å². The summed E-state index contributed by atoms with van der Waals surface area (Å²) in [5.41, 5.74) is 0. The van der Waals surface area contributed by atoms with Crippen molar-refractivity contribution in [2.45, 2.75) is 12.8 Å². The number of rotatable bonds is 4. The fraction of sp³-hybridized carbons (Fsp3) is 0.714. The van der Waals surface area contributed by atoms with Crippen LogP contribution in [0.5, 0.6) is 0 Å². The molecule has 0 atom stereocenters. The van der Waals surface area contributed by atoms with Gasteiger partial charge in [0.25, 0.3) is 0 Å². The predicted octanol–water partition coefficient (Wildman–Crippen LogP) is 0.958. The van der Waals surface area contributed by atoms with Gasteiger partial charge in [-0.05, 0) is 18.6 Å². The smallest absolute Gasteiger partial charge is 0.222 e. The summed E-state index contributed by atoms with van der Waals surface area (Å²) >= 11 is 4.37. The summed E-state index contributed by atoms with van der Waals surface area (Å²) in [7, 11) is 3.48. The van der Waals surface area contributed by atoms with Crippen LogP contribution in [0, 0.1) is 0 Å². The van der Waals surface area contributed by atoms with Crippen LogP contribution in [0.25, 0.3) is 0 Å². The van der Waals surface area contributed by atoms with Gasteiger partial charge in [-0.3, -0.25) is 4.79 Å². The number of aliphatic imine (C=N–C) groups is 1. The molecule has 0 saturated heterocycles. The summed E-state index contributed by atoms with van der Waals surface area (Å²) in [6.45, 7) is 0.600. The van der Waals surface area contributed by atoms with E-state index in [0.717, 1.165) is 6.42 Å². The van der Waals surface area contributed by atoms with Gasteiger partial charge in [0.1, 0.15) is 0 Å². The first-order valence-corrected chi connectivity index (χ1v) is 3.83. The van der Waals surface area contributed by atoms with E-state index < -0.39 is 0 Å². The minimum Gasteiger partial charge on any atom is -0.349 e. The van der Waals surface area contributed by atoms with Gasteiger partial charge in [-0.1, -0.05) is 0 Å². The molecule has 0 aliphatic rings. The highest BCUT2D eigenvalue weighted by molar-refractivity contribution is 7.78. The van der Waals surface area contributed by atoms with Crippen LogP contribution in [0.4, 0.5) is 0 Å². The number of carbonyl (C=O) groups excluding carboxylic acids is 1. The summed E-state index contributed by atoms with van der Waals surface area (Å²) in [5.74, 6) is 0.129. The molecule has 0 rings (SSSR count). The Morgan fingerprint density at radius 1 is 1.64 bits per heavy atom. The molecule has 0 heterocycles. The van der Waals surface area contributed by atoms with Gasteiger partial charge in [-0.15, -0.1) is 0 Å². The third-order valence-electron chi connectivity index (χ3n) is 1.22. The molecule has 0 radical (unpaired) electrons. The Balaban J connectivity index is 3.39. The second-order valence-electron chi connectivity index (χ2n) is 2.36. The minimum absolute atomic E-state index is 0.129. The molecule has 0 fully saturated rings. The average molecular weight is 172 g/mol. The molecule has 4 heteroatoms. The Morgan fingerprint density at radius 3 is 2.73 bits per heavy atom. The van der Waals surface area contributed by atoms with Gasteiger partial charge >= 0.3 is 0 Å². The molecule has 0 aliphatic carbocycles. The molecule has 0 aromatic carbocycles. The molecule has 11 heavy (non-hydrogen) atoms. The fourth-order valence-electron chi connectivity index (χ4n) is 0.579. The monoisotopic (exact) mass is 172 g/mol. The molecule has 0 unspecified atom stereocenters. The highest BCUT2D eigenvalue weighted by atomic mass is 32.1. The Kier molecular flexibility index (Phi) is 5.61. The van der Waals surface area contributed by atoms with E-state index in [0.29, 0.717) is 13.0 Å². The van der Waals surface area contributed by atoms with Crippen LogP contribution in [0.15, 0.2) is 4.99 Å². The zero-order valence-electron chi connectivity index (χ0n) is 6.83. The van der Waals surface area contributed by atoms with Crippen molar-refractivity contribution in [3.05, 3.63) is 0 Å². The number of isothiocyanates is 1. The lowest BCUT2D eigenvalue weighted by atomic mass is 10.3. The van der Waals surface area contributed by atoms with Gasteiger partial charge < -0.3 is 4.90 Å². The van der Waals surface area contributed by atoms with Gasteiger partial charge in [0.05, 0.1) is 5.16 Å². The third kappa shape index (κ3) is 5.70. The van der Waals surface area contributed by atoms with E-state index in [1.165, 1.54) is 0 Å². The first kappa shape index (κ1) is 10.3. The summed E-state index contributed by atoms with van der Waals surface area (Å²) in [4.78, 5) is 16.2. The van der Waals surface area contributed by atoms with Crippen molar-refractivity contribution in [1.29, 1.82) is 0 Å². The number of nitrogens with zero attached hydrogens (tertiary/aromatic N) is 2. The lowest BCUT2D eigenvalue weighted by Crippen LogP contribution is -2.21. The lowest BCUT2D eigenvalue weighted by Gasteiger charge is -2.08. The first-order valence-electron chi connectivity index (χ1n) is 3.42. The van der Waals surface area contributed by atoms with Crippen LogP contribution < -0.4 is 0 Å². The van der Waals surface area contributed by atoms with Gasteiger partial charge in [0.2, 0.25) is 5.91 Å².